The van der Waals surface area contributed by atoms with Crippen LogP contribution in [0.3, 0.4) is 0 Å². The number of hydrogen-bond acceptors (Lipinski definition) is 6. The molecule has 0 saturated carbocycles. The van der Waals surface area contributed by atoms with Gasteiger partial charge in [-0.2, -0.15) is 4.98 Å². The first-order valence-electron chi connectivity index (χ1n) is 5.66. The van der Waals surface area contributed by atoms with Crippen LogP contribution in [0.4, 0.5) is 0 Å². The Kier molecular flexibility index (Phi) is 4.33. The number of aliphatic carboxylic acids is 1. The van der Waals surface area contributed by atoms with Gasteiger partial charge in [-0.3, -0.25) is 0 Å². The molecule has 1 heterocycles. The van der Waals surface area contributed by atoms with Gasteiger partial charge in [0, 0.05) is 17.7 Å². The Balaban J connectivity index is 2.20. The topological polar surface area (TPSA) is 94.7 Å². The SMILES string of the molecule is COc1ccc(/C=C/C(=O)O)c(OCc2ncon2)c1. The minimum Gasteiger partial charge on any atom is -0.497 e. The molecule has 1 N–H and O–H groups in total. The van der Waals surface area contributed by atoms with Gasteiger partial charge in [-0.25, -0.2) is 4.79 Å². The molecule has 0 aliphatic rings. The van der Waals surface area contributed by atoms with Gasteiger partial charge in [0.05, 0.1) is 7.11 Å². The van der Waals surface area contributed by atoms with E-state index in [0.717, 1.165) is 6.08 Å². The number of methoxy groups -OCH3 is 1. The average molecular weight is 276 g/mol. The lowest BCUT2D eigenvalue weighted by Crippen LogP contribution is -1.99. The maximum Gasteiger partial charge on any atom is 0.328 e. The van der Waals surface area contributed by atoms with Gasteiger partial charge >= 0.3 is 5.97 Å². The van der Waals surface area contributed by atoms with Gasteiger partial charge < -0.3 is 19.1 Å². The molecule has 1 aromatic carbocycles. The summed E-state index contributed by atoms with van der Waals surface area (Å²) in [7, 11) is 1.53. The molecule has 2 aromatic rings. The highest BCUT2D eigenvalue weighted by Crippen LogP contribution is 2.26. The smallest absolute Gasteiger partial charge is 0.328 e. The van der Waals surface area contributed by atoms with Crippen molar-refractivity contribution in [1.82, 2.24) is 10.1 Å². The van der Waals surface area contributed by atoms with Crippen LogP contribution in [0.15, 0.2) is 35.2 Å². The lowest BCUT2D eigenvalue weighted by molar-refractivity contribution is -0.131. The molecule has 0 atom stereocenters. The van der Waals surface area contributed by atoms with Crippen molar-refractivity contribution in [2.24, 2.45) is 0 Å². The summed E-state index contributed by atoms with van der Waals surface area (Å²) < 4.78 is 15.2. The summed E-state index contributed by atoms with van der Waals surface area (Å²) >= 11 is 0. The molecule has 0 aliphatic heterocycles. The lowest BCUT2D eigenvalue weighted by Gasteiger charge is -2.09. The number of benzene rings is 1. The first-order valence-corrected chi connectivity index (χ1v) is 5.66. The normalized spacial score (nSPS) is 10.7. The van der Waals surface area contributed by atoms with Gasteiger partial charge in [0.2, 0.25) is 12.2 Å². The van der Waals surface area contributed by atoms with E-state index < -0.39 is 5.97 Å². The number of hydrogen-bond donors (Lipinski definition) is 1. The van der Waals surface area contributed by atoms with Crippen molar-refractivity contribution in [3.63, 3.8) is 0 Å². The second-order valence-electron chi connectivity index (χ2n) is 3.71. The highest BCUT2D eigenvalue weighted by atomic mass is 16.5. The Bertz CT molecular complexity index is 607. The molecule has 0 bridgehead atoms. The summed E-state index contributed by atoms with van der Waals surface area (Å²) in [4.78, 5) is 14.4. The maximum absolute atomic E-state index is 10.6. The quantitative estimate of drug-likeness (QED) is 0.803. The summed E-state index contributed by atoms with van der Waals surface area (Å²) in [6.07, 6.45) is 3.67. The highest BCUT2D eigenvalue weighted by molar-refractivity contribution is 5.86. The number of nitrogens with zero attached hydrogens (tertiary/aromatic N) is 2. The second-order valence-corrected chi connectivity index (χ2v) is 3.71. The standard InChI is InChI=1S/C13H12N2O5/c1-18-10-4-2-9(3-5-13(16)17)11(6-10)19-7-12-14-8-20-15-12/h2-6,8H,7H2,1H3,(H,16,17)/b5-3+. The number of carboxylic acids is 1. The van der Waals surface area contributed by atoms with Crippen LogP contribution in [0.1, 0.15) is 11.4 Å². The molecule has 0 fully saturated rings. The largest absolute Gasteiger partial charge is 0.497 e. The van der Waals surface area contributed by atoms with Crippen molar-refractivity contribution in [3.8, 4) is 11.5 Å². The number of ether oxygens (including phenoxy) is 2. The van der Waals surface area contributed by atoms with Crippen molar-refractivity contribution in [1.29, 1.82) is 0 Å². The molecule has 104 valence electrons. The minimum atomic E-state index is -1.04. The van der Waals surface area contributed by atoms with E-state index in [-0.39, 0.29) is 6.61 Å². The molecule has 0 saturated heterocycles. The highest BCUT2D eigenvalue weighted by Gasteiger charge is 2.06. The summed E-state index contributed by atoms with van der Waals surface area (Å²) in [5, 5.41) is 12.3. The molecule has 7 heteroatoms. The van der Waals surface area contributed by atoms with Gasteiger partial charge in [-0.15, -0.1) is 0 Å². The number of carboxylic acid groups (broad SMARTS) is 1. The number of rotatable bonds is 6. The van der Waals surface area contributed by atoms with E-state index in [0.29, 0.717) is 22.9 Å². The van der Waals surface area contributed by atoms with E-state index >= 15 is 0 Å². The fourth-order valence-electron chi connectivity index (χ4n) is 1.46. The maximum atomic E-state index is 10.6. The van der Waals surface area contributed by atoms with E-state index in [1.807, 2.05) is 0 Å². The predicted octanol–water partition coefficient (Wildman–Crippen LogP) is 1.75. The molecule has 0 aliphatic carbocycles. The third-order valence-electron chi connectivity index (χ3n) is 2.39. The number of aromatic nitrogens is 2. The second kappa shape index (κ2) is 6.37. The first-order chi connectivity index (χ1) is 9.69. The van der Waals surface area contributed by atoms with Crippen LogP contribution in [0, 0.1) is 0 Å². The molecule has 0 amide bonds. The van der Waals surface area contributed by atoms with E-state index in [2.05, 4.69) is 14.7 Å². The molecule has 0 radical (unpaired) electrons. The summed E-state index contributed by atoms with van der Waals surface area (Å²) in [6.45, 7) is 0.109. The molecular formula is C13H12N2O5. The van der Waals surface area contributed by atoms with Gasteiger partial charge in [0.1, 0.15) is 11.5 Å². The van der Waals surface area contributed by atoms with Gasteiger partial charge in [-0.05, 0) is 18.2 Å². The molecule has 1 aromatic heterocycles. The van der Waals surface area contributed by atoms with E-state index in [4.69, 9.17) is 14.6 Å². The van der Waals surface area contributed by atoms with Crippen LogP contribution in [0.25, 0.3) is 6.08 Å². The van der Waals surface area contributed by atoms with Crippen molar-refractivity contribution < 1.29 is 23.9 Å². The van der Waals surface area contributed by atoms with Gasteiger partial charge in [0.25, 0.3) is 0 Å². The molecular weight excluding hydrogens is 264 g/mol. The Hall–Kier alpha value is -2.83. The summed E-state index contributed by atoms with van der Waals surface area (Å²) in [5.41, 5.74) is 0.608. The monoisotopic (exact) mass is 276 g/mol. The third-order valence-corrected chi connectivity index (χ3v) is 2.39. The Morgan fingerprint density at radius 1 is 1.50 bits per heavy atom. The molecule has 20 heavy (non-hydrogen) atoms. The Labute approximate surface area is 114 Å². The Morgan fingerprint density at radius 2 is 2.35 bits per heavy atom. The van der Waals surface area contributed by atoms with Crippen molar-refractivity contribution in [3.05, 3.63) is 42.1 Å². The average Bonchev–Trinajstić information content (AvgIpc) is 2.96. The van der Waals surface area contributed by atoms with Crippen LogP contribution in [0.2, 0.25) is 0 Å². The summed E-state index contributed by atoms with van der Waals surface area (Å²) in [5.74, 6) is 0.415. The molecule has 0 unspecified atom stereocenters. The zero-order valence-electron chi connectivity index (χ0n) is 10.6. The molecule has 7 nitrogen and oxygen atoms in total. The van der Waals surface area contributed by atoms with Crippen molar-refractivity contribution >= 4 is 12.0 Å². The van der Waals surface area contributed by atoms with Crippen LogP contribution < -0.4 is 9.47 Å². The van der Waals surface area contributed by atoms with Crippen molar-refractivity contribution in [2.45, 2.75) is 6.61 Å². The van der Waals surface area contributed by atoms with Crippen LogP contribution in [-0.4, -0.2) is 28.3 Å². The van der Waals surface area contributed by atoms with Crippen molar-refractivity contribution in [2.75, 3.05) is 7.11 Å². The lowest BCUT2D eigenvalue weighted by atomic mass is 10.1. The fraction of sp³-hybridized carbons (Fsp3) is 0.154. The van der Waals surface area contributed by atoms with Crippen LogP contribution in [0.5, 0.6) is 11.5 Å². The zero-order chi connectivity index (χ0) is 14.4. The van der Waals surface area contributed by atoms with E-state index in [1.165, 1.54) is 19.6 Å². The van der Waals surface area contributed by atoms with Gasteiger partial charge in [-0.1, -0.05) is 5.16 Å². The van der Waals surface area contributed by atoms with Gasteiger partial charge in [0.15, 0.2) is 6.61 Å². The third kappa shape index (κ3) is 3.58. The zero-order valence-corrected chi connectivity index (χ0v) is 10.6. The summed E-state index contributed by atoms with van der Waals surface area (Å²) in [6, 6.07) is 5.06. The minimum absolute atomic E-state index is 0.109. The molecule has 0 spiro atoms. The van der Waals surface area contributed by atoms with Crippen LogP contribution >= 0.6 is 0 Å². The fourth-order valence-corrected chi connectivity index (χ4v) is 1.46. The predicted molar refractivity (Wildman–Crippen MR) is 68.3 cm³/mol. The van der Waals surface area contributed by atoms with E-state index in [9.17, 15) is 4.79 Å². The molecule has 2 rings (SSSR count). The Morgan fingerprint density at radius 3 is 3.00 bits per heavy atom. The first kappa shape index (κ1) is 13.6. The van der Waals surface area contributed by atoms with Crippen LogP contribution in [-0.2, 0) is 11.4 Å². The van der Waals surface area contributed by atoms with E-state index in [1.54, 1.807) is 18.2 Å². The number of carbonyl (C=O) groups is 1.